The quantitative estimate of drug-likeness (QED) is 0.478. The Bertz CT molecular complexity index is 708. The van der Waals surface area contributed by atoms with Crippen molar-refractivity contribution >= 4 is 9.84 Å². The Balaban J connectivity index is 1.66. The van der Waals surface area contributed by atoms with E-state index >= 15 is 0 Å². The zero-order valence-electron chi connectivity index (χ0n) is 17.2. The molecule has 1 fully saturated rings. The number of hydrogen-bond donors (Lipinski definition) is 0. The monoisotopic (exact) mass is 418 g/mol. The van der Waals surface area contributed by atoms with E-state index in [4.69, 9.17) is 0 Å². The Labute approximate surface area is 167 Å². The molecule has 0 saturated heterocycles. The van der Waals surface area contributed by atoms with Gasteiger partial charge in [-0.2, -0.15) is 13.2 Å². The molecule has 28 heavy (non-hydrogen) atoms. The first-order chi connectivity index (χ1) is 12.9. The van der Waals surface area contributed by atoms with E-state index in [0.717, 1.165) is 69.1 Å². The van der Waals surface area contributed by atoms with E-state index < -0.39 is 26.3 Å². The Morgan fingerprint density at radius 1 is 0.893 bits per heavy atom. The molecule has 0 N–H and O–H groups in total. The third-order valence-electron chi connectivity index (χ3n) is 5.96. The van der Waals surface area contributed by atoms with Gasteiger partial charge in [-0.05, 0) is 76.0 Å². The van der Waals surface area contributed by atoms with Crippen LogP contribution < -0.4 is 0 Å². The van der Waals surface area contributed by atoms with Gasteiger partial charge in [0.1, 0.15) is 0 Å². The minimum absolute atomic E-state index is 0.285. The Morgan fingerprint density at radius 2 is 1.43 bits per heavy atom. The summed E-state index contributed by atoms with van der Waals surface area (Å²) in [5.41, 5.74) is 0.352. The van der Waals surface area contributed by atoms with E-state index in [2.05, 4.69) is 0 Å². The van der Waals surface area contributed by atoms with Crippen molar-refractivity contribution in [2.75, 3.05) is 5.75 Å². The van der Waals surface area contributed by atoms with Crippen LogP contribution in [0.5, 0.6) is 0 Å². The van der Waals surface area contributed by atoms with Crippen molar-refractivity contribution in [3.63, 3.8) is 0 Å². The van der Waals surface area contributed by atoms with Gasteiger partial charge in [0.2, 0.25) is 0 Å². The van der Waals surface area contributed by atoms with Crippen molar-refractivity contribution in [1.82, 2.24) is 0 Å². The summed E-state index contributed by atoms with van der Waals surface area (Å²) in [6.07, 6.45) is 3.84. The lowest BCUT2D eigenvalue weighted by atomic mass is 9.80. The fourth-order valence-electron chi connectivity index (χ4n) is 3.87. The van der Waals surface area contributed by atoms with Crippen LogP contribution in [0.2, 0.25) is 0 Å². The largest absolute Gasteiger partial charge is 0.416 e. The molecule has 0 unspecified atom stereocenters. The van der Waals surface area contributed by atoms with Crippen LogP contribution in [0.25, 0.3) is 0 Å². The molecule has 1 aromatic rings. The van der Waals surface area contributed by atoms with Crippen molar-refractivity contribution in [3.05, 3.63) is 35.4 Å². The van der Waals surface area contributed by atoms with Crippen molar-refractivity contribution in [3.8, 4) is 0 Å². The predicted octanol–water partition coefficient (Wildman–Crippen LogP) is 6.44. The highest BCUT2D eigenvalue weighted by Gasteiger charge is 2.33. The average molecular weight is 419 g/mol. The summed E-state index contributed by atoms with van der Waals surface area (Å²) in [6.45, 7) is 5.31. The molecule has 1 saturated carbocycles. The first-order valence-corrected chi connectivity index (χ1v) is 11.9. The van der Waals surface area contributed by atoms with E-state index in [1.54, 1.807) is 32.9 Å². The van der Waals surface area contributed by atoms with Crippen molar-refractivity contribution in [2.45, 2.75) is 83.1 Å². The summed E-state index contributed by atoms with van der Waals surface area (Å²) in [5.74, 6) is 1.24. The molecule has 1 aliphatic rings. The van der Waals surface area contributed by atoms with Crippen LogP contribution in [0.1, 0.15) is 76.8 Å². The second kappa shape index (κ2) is 9.19. The first-order valence-electron chi connectivity index (χ1n) is 10.3. The second-order valence-electron chi connectivity index (χ2n) is 9.22. The number of alkyl halides is 3. The van der Waals surface area contributed by atoms with Gasteiger partial charge in [-0.15, -0.1) is 0 Å². The minimum atomic E-state index is -4.27. The normalized spacial score (nSPS) is 21.6. The fourth-order valence-corrected chi connectivity index (χ4v) is 5.32. The SMILES string of the molecule is CC(C)(C)S(=O)(=O)CC1CCC(CCCCc2ccc(C(F)(F)F)cc2)CC1. The maximum Gasteiger partial charge on any atom is 0.416 e. The zero-order chi connectivity index (χ0) is 21.0. The topological polar surface area (TPSA) is 34.1 Å². The Kier molecular flexibility index (Phi) is 7.62. The zero-order valence-corrected chi connectivity index (χ0v) is 18.0. The highest BCUT2D eigenvalue weighted by atomic mass is 32.2. The summed E-state index contributed by atoms with van der Waals surface area (Å²) in [7, 11) is -3.05. The van der Waals surface area contributed by atoms with Gasteiger partial charge in [-0.1, -0.05) is 37.8 Å². The van der Waals surface area contributed by atoms with Gasteiger partial charge in [-0.3, -0.25) is 0 Å². The molecule has 0 atom stereocenters. The molecule has 0 amide bonds. The summed E-state index contributed by atoms with van der Waals surface area (Å²) < 4.78 is 61.8. The molecular formula is C22H33F3O2S. The number of benzene rings is 1. The van der Waals surface area contributed by atoms with Gasteiger partial charge in [0, 0.05) is 0 Å². The molecule has 0 spiro atoms. The molecule has 0 aliphatic heterocycles. The lowest BCUT2D eigenvalue weighted by molar-refractivity contribution is -0.137. The van der Waals surface area contributed by atoms with E-state index in [1.165, 1.54) is 0 Å². The summed E-state index contributed by atoms with van der Waals surface area (Å²) in [6, 6.07) is 5.46. The van der Waals surface area contributed by atoms with Crippen LogP contribution in [0.15, 0.2) is 24.3 Å². The Hall–Kier alpha value is -1.04. The second-order valence-corrected chi connectivity index (χ2v) is 12.0. The number of rotatable bonds is 7. The summed E-state index contributed by atoms with van der Waals surface area (Å²) >= 11 is 0. The van der Waals surface area contributed by atoms with E-state index in [9.17, 15) is 21.6 Å². The standard InChI is InChI=1S/C22H33F3O2S/c1-21(2,3)28(26,27)16-19-10-8-17(9-11-19)6-4-5-7-18-12-14-20(15-13-18)22(23,24)25/h12-15,17,19H,4-11,16H2,1-3H3. The molecule has 1 aliphatic carbocycles. The number of sulfone groups is 1. The number of aryl methyl sites for hydroxylation is 1. The van der Waals surface area contributed by atoms with Gasteiger partial charge in [0.05, 0.1) is 16.1 Å². The van der Waals surface area contributed by atoms with Crippen LogP contribution in [-0.2, 0) is 22.4 Å². The summed E-state index contributed by atoms with van der Waals surface area (Å²) in [5, 5.41) is 0. The van der Waals surface area contributed by atoms with Crippen molar-refractivity contribution in [1.29, 1.82) is 0 Å². The van der Waals surface area contributed by atoms with E-state index in [0.29, 0.717) is 11.7 Å². The van der Waals surface area contributed by atoms with Crippen LogP contribution in [0.4, 0.5) is 13.2 Å². The third-order valence-corrected chi connectivity index (χ3v) is 8.74. The molecule has 0 radical (unpaired) electrons. The maximum atomic E-state index is 12.6. The molecule has 0 bridgehead atoms. The third kappa shape index (κ3) is 6.78. The summed E-state index contributed by atoms with van der Waals surface area (Å²) in [4.78, 5) is 0. The van der Waals surface area contributed by atoms with Crippen LogP contribution in [0.3, 0.4) is 0 Å². The smallest absolute Gasteiger partial charge is 0.228 e. The molecule has 2 rings (SSSR count). The number of unbranched alkanes of at least 4 members (excludes halogenated alkanes) is 1. The first kappa shape index (κ1) is 23.2. The van der Waals surface area contributed by atoms with Crippen LogP contribution >= 0.6 is 0 Å². The van der Waals surface area contributed by atoms with Gasteiger partial charge in [-0.25, -0.2) is 8.42 Å². The van der Waals surface area contributed by atoms with Gasteiger partial charge in [0.25, 0.3) is 0 Å². The fraction of sp³-hybridized carbons (Fsp3) is 0.727. The van der Waals surface area contributed by atoms with Crippen LogP contribution in [0, 0.1) is 11.8 Å². The molecular weight excluding hydrogens is 385 g/mol. The lowest BCUT2D eigenvalue weighted by Gasteiger charge is -2.30. The minimum Gasteiger partial charge on any atom is -0.228 e. The molecule has 1 aromatic carbocycles. The Morgan fingerprint density at radius 3 is 1.93 bits per heavy atom. The van der Waals surface area contributed by atoms with E-state index in [1.807, 2.05) is 0 Å². The molecule has 0 aromatic heterocycles. The molecule has 160 valence electrons. The van der Waals surface area contributed by atoms with Crippen molar-refractivity contribution in [2.24, 2.45) is 11.8 Å². The molecule has 2 nitrogen and oxygen atoms in total. The van der Waals surface area contributed by atoms with Gasteiger partial charge >= 0.3 is 6.18 Å². The highest BCUT2D eigenvalue weighted by Crippen LogP contribution is 2.34. The lowest BCUT2D eigenvalue weighted by Crippen LogP contribution is -2.34. The molecule has 6 heteroatoms. The maximum absolute atomic E-state index is 12.6. The number of hydrogen-bond acceptors (Lipinski definition) is 2. The van der Waals surface area contributed by atoms with Crippen molar-refractivity contribution < 1.29 is 21.6 Å². The van der Waals surface area contributed by atoms with Gasteiger partial charge < -0.3 is 0 Å². The predicted molar refractivity (Wildman–Crippen MR) is 108 cm³/mol. The van der Waals surface area contributed by atoms with Crippen LogP contribution in [-0.4, -0.2) is 18.9 Å². The highest BCUT2D eigenvalue weighted by molar-refractivity contribution is 7.92. The average Bonchev–Trinajstić information content (AvgIpc) is 2.58. The number of halogens is 3. The molecule has 0 heterocycles. The van der Waals surface area contributed by atoms with E-state index in [-0.39, 0.29) is 5.92 Å². The van der Waals surface area contributed by atoms with Gasteiger partial charge in [0.15, 0.2) is 9.84 Å².